The van der Waals surface area contributed by atoms with Crippen molar-refractivity contribution in [3.63, 3.8) is 0 Å². The molecule has 7 heteroatoms. The van der Waals surface area contributed by atoms with Gasteiger partial charge in [0.2, 0.25) is 6.79 Å². The van der Waals surface area contributed by atoms with Crippen molar-refractivity contribution >= 4 is 11.8 Å². The minimum Gasteiger partial charge on any atom is -0.508 e. The number of allylic oxidation sites excluding steroid dienone is 3. The van der Waals surface area contributed by atoms with E-state index in [9.17, 15) is 14.7 Å². The zero-order chi connectivity index (χ0) is 27.9. The Kier molecular flexibility index (Phi) is 6.97. The van der Waals surface area contributed by atoms with Gasteiger partial charge in [-0.05, 0) is 85.8 Å². The summed E-state index contributed by atoms with van der Waals surface area (Å²) < 4.78 is 17.2. The average Bonchev–Trinajstić information content (AvgIpc) is 3.75. The molecule has 2 fully saturated rings. The predicted octanol–water partition coefficient (Wildman–Crippen LogP) is 6.53. The number of Topliss-reactive ketones (excluding diaryl/α,β-unsaturated/α-hetero) is 1. The Balaban J connectivity index is 1.30. The average molecular weight is 556 g/mol. The summed E-state index contributed by atoms with van der Waals surface area (Å²) in [5.41, 5.74) is 4.71. The number of fused-ring (bicyclic) bond motifs is 1. The maximum absolute atomic E-state index is 14.1. The van der Waals surface area contributed by atoms with Gasteiger partial charge in [-0.3, -0.25) is 4.79 Å². The molecule has 2 aliphatic heterocycles. The second-order valence-electron chi connectivity index (χ2n) is 12.2. The highest BCUT2D eigenvalue weighted by Gasteiger charge is 2.43. The van der Waals surface area contributed by atoms with Gasteiger partial charge in [-0.15, -0.1) is 0 Å². The molecule has 0 spiro atoms. The van der Waals surface area contributed by atoms with Crippen molar-refractivity contribution in [2.75, 3.05) is 6.79 Å². The SMILES string of the molecule is O=C1CC(c2ccc3c(c2)OCO3)CC2=C1C(c1cccc(O)c1)C(C(=O)OC1CCCC1)=C(CC1CCCC1)N2. The van der Waals surface area contributed by atoms with Gasteiger partial charge in [-0.25, -0.2) is 4.79 Å². The number of hydrogen-bond acceptors (Lipinski definition) is 7. The van der Waals surface area contributed by atoms with E-state index in [2.05, 4.69) is 5.32 Å². The van der Waals surface area contributed by atoms with E-state index in [1.165, 1.54) is 12.8 Å². The largest absolute Gasteiger partial charge is 0.508 e. The van der Waals surface area contributed by atoms with E-state index >= 15 is 0 Å². The summed E-state index contributed by atoms with van der Waals surface area (Å²) in [7, 11) is 0. The number of aromatic hydroxyl groups is 1. The van der Waals surface area contributed by atoms with Gasteiger partial charge in [0.05, 0.1) is 5.57 Å². The second kappa shape index (κ2) is 10.9. The van der Waals surface area contributed by atoms with Gasteiger partial charge >= 0.3 is 5.97 Å². The number of carbonyl (C=O) groups is 2. The van der Waals surface area contributed by atoms with Crippen molar-refractivity contribution < 1.29 is 28.9 Å². The third-order valence-electron chi connectivity index (χ3n) is 9.55. The van der Waals surface area contributed by atoms with Crippen LogP contribution in [0.1, 0.15) is 93.6 Å². The number of ketones is 1. The number of phenolic OH excluding ortho intramolecular Hbond substituents is 1. The van der Waals surface area contributed by atoms with Gasteiger partial charge in [0.1, 0.15) is 11.9 Å². The molecule has 214 valence electrons. The molecule has 7 rings (SSSR count). The van der Waals surface area contributed by atoms with Crippen molar-refractivity contribution in [3.8, 4) is 17.2 Å². The number of ether oxygens (including phenoxy) is 3. The van der Waals surface area contributed by atoms with Gasteiger partial charge in [0.25, 0.3) is 0 Å². The van der Waals surface area contributed by atoms with Crippen LogP contribution in [-0.2, 0) is 14.3 Å². The molecule has 2 N–H and O–H groups in total. The summed E-state index contributed by atoms with van der Waals surface area (Å²) in [6.45, 7) is 0.208. The molecule has 2 unspecified atom stereocenters. The third kappa shape index (κ3) is 5.11. The summed E-state index contributed by atoms with van der Waals surface area (Å²) >= 11 is 0. The van der Waals surface area contributed by atoms with Crippen LogP contribution in [0.2, 0.25) is 0 Å². The van der Waals surface area contributed by atoms with Crippen molar-refractivity contribution in [1.29, 1.82) is 0 Å². The number of benzene rings is 2. The highest BCUT2D eigenvalue weighted by Crippen LogP contribution is 2.48. The van der Waals surface area contributed by atoms with Crippen LogP contribution >= 0.6 is 0 Å². The van der Waals surface area contributed by atoms with E-state index in [1.807, 2.05) is 24.3 Å². The van der Waals surface area contributed by atoms with Crippen LogP contribution in [0.25, 0.3) is 0 Å². The molecule has 0 amide bonds. The highest BCUT2D eigenvalue weighted by atomic mass is 16.7. The Labute approximate surface area is 240 Å². The van der Waals surface area contributed by atoms with E-state index < -0.39 is 5.92 Å². The number of carbonyl (C=O) groups excluding carboxylic acids is 2. The lowest BCUT2D eigenvalue weighted by molar-refractivity contribution is -0.144. The third-order valence-corrected chi connectivity index (χ3v) is 9.55. The lowest BCUT2D eigenvalue weighted by Crippen LogP contribution is -2.37. The zero-order valence-corrected chi connectivity index (χ0v) is 23.3. The zero-order valence-electron chi connectivity index (χ0n) is 23.3. The number of dihydropyridines is 1. The highest BCUT2D eigenvalue weighted by molar-refractivity contribution is 6.04. The molecular weight excluding hydrogens is 518 g/mol. The normalized spacial score (nSPS) is 24.5. The van der Waals surface area contributed by atoms with Gasteiger partial charge in [0.15, 0.2) is 17.3 Å². The minimum absolute atomic E-state index is 0.0147. The molecule has 41 heavy (non-hydrogen) atoms. The topological polar surface area (TPSA) is 94.1 Å². The van der Waals surface area contributed by atoms with Crippen LogP contribution in [0.3, 0.4) is 0 Å². The first kappa shape index (κ1) is 26.2. The molecule has 2 atom stereocenters. The summed E-state index contributed by atoms with van der Waals surface area (Å²) in [6.07, 6.45) is 10.2. The maximum Gasteiger partial charge on any atom is 0.337 e. The van der Waals surface area contributed by atoms with Gasteiger partial charge in [-0.2, -0.15) is 0 Å². The number of phenols is 1. The summed E-state index contributed by atoms with van der Waals surface area (Å²) in [4.78, 5) is 28.1. The first-order valence-electron chi connectivity index (χ1n) is 15.2. The fourth-order valence-corrected chi connectivity index (χ4v) is 7.52. The number of esters is 1. The predicted molar refractivity (Wildman–Crippen MR) is 153 cm³/mol. The van der Waals surface area contributed by atoms with Crippen molar-refractivity contribution in [3.05, 3.63) is 76.1 Å². The molecule has 0 radical (unpaired) electrons. The van der Waals surface area contributed by atoms with E-state index in [4.69, 9.17) is 14.2 Å². The lowest BCUT2D eigenvalue weighted by Gasteiger charge is -2.38. The first-order chi connectivity index (χ1) is 20.0. The molecular formula is C34H37NO6. The Morgan fingerprint density at radius 3 is 2.51 bits per heavy atom. The number of rotatable bonds is 6. The van der Waals surface area contributed by atoms with Crippen LogP contribution in [0.5, 0.6) is 17.2 Å². The van der Waals surface area contributed by atoms with Crippen molar-refractivity contribution in [1.82, 2.24) is 5.32 Å². The summed E-state index contributed by atoms with van der Waals surface area (Å²) in [5.74, 6) is 1.13. The fraction of sp³-hybridized carbons (Fsp3) is 0.471. The van der Waals surface area contributed by atoms with E-state index in [0.717, 1.165) is 73.2 Å². The smallest absolute Gasteiger partial charge is 0.337 e. The van der Waals surface area contributed by atoms with Crippen LogP contribution in [0.15, 0.2) is 65.0 Å². The molecule has 2 heterocycles. The Hall–Kier alpha value is -3.74. The van der Waals surface area contributed by atoms with Crippen LogP contribution in [-0.4, -0.2) is 29.8 Å². The Bertz CT molecular complexity index is 1430. The summed E-state index contributed by atoms with van der Waals surface area (Å²) in [5, 5.41) is 14.1. The van der Waals surface area contributed by atoms with E-state index in [1.54, 1.807) is 18.2 Å². The first-order valence-corrected chi connectivity index (χ1v) is 15.2. The molecule has 3 aliphatic carbocycles. The molecule has 2 aromatic carbocycles. The lowest BCUT2D eigenvalue weighted by atomic mass is 9.71. The Morgan fingerprint density at radius 2 is 1.71 bits per heavy atom. The molecule has 0 bridgehead atoms. The standard InChI is InChI=1S/C34H37NO6/c36-24-9-5-8-22(15-24)31-32-27(16-23(17-28(32)37)21-12-13-29-30(18-21)40-19-39-29)35-26(14-20-6-1-2-7-20)33(31)34(38)41-25-10-3-4-11-25/h5,8-9,12-13,15,18,20,23,25,31,35-36H,1-4,6-7,10-11,14,16-17,19H2. The number of hydrogen-bond donors (Lipinski definition) is 2. The molecule has 2 aromatic rings. The molecule has 7 nitrogen and oxygen atoms in total. The van der Waals surface area contributed by atoms with Crippen molar-refractivity contribution in [2.24, 2.45) is 5.92 Å². The molecule has 2 saturated carbocycles. The van der Waals surface area contributed by atoms with Gasteiger partial charge in [0, 0.05) is 29.3 Å². The van der Waals surface area contributed by atoms with Gasteiger partial charge in [-0.1, -0.05) is 43.9 Å². The monoisotopic (exact) mass is 555 g/mol. The van der Waals surface area contributed by atoms with Crippen LogP contribution < -0.4 is 14.8 Å². The van der Waals surface area contributed by atoms with Crippen molar-refractivity contribution in [2.45, 2.75) is 88.6 Å². The molecule has 5 aliphatic rings. The fourth-order valence-electron chi connectivity index (χ4n) is 7.52. The number of nitrogens with one attached hydrogen (secondary N) is 1. The Morgan fingerprint density at radius 1 is 0.927 bits per heavy atom. The minimum atomic E-state index is -0.575. The maximum atomic E-state index is 14.1. The van der Waals surface area contributed by atoms with E-state index in [-0.39, 0.29) is 36.3 Å². The quantitative estimate of drug-likeness (QED) is 0.392. The van der Waals surface area contributed by atoms with E-state index in [0.29, 0.717) is 35.7 Å². The van der Waals surface area contributed by atoms with Crippen LogP contribution in [0.4, 0.5) is 0 Å². The molecule has 0 aromatic heterocycles. The molecule has 0 saturated heterocycles. The summed E-state index contributed by atoms with van der Waals surface area (Å²) in [6, 6.07) is 12.9. The van der Waals surface area contributed by atoms with Gasteiger partial charge < -0.3 is 24.6 Å². The van der Waals surface area contributed by atoms with Crippen LogP contribution in [0, 0.1) is 5.92 Å². The second-order valence-corrected chi connectivity index (χ2v) is 12.2.